The number of amides is 1. The van der Waals surface area contributed by atoms with Gasteiger partial charge in [0, 0.05) is 27.9 Å². The first-order valence-corrected chi connectivity index (χ1v) is 12.4. The summed E-state index contributed by atoms with van der Waals surface area (Å²) in [4.78, 5) is 12.5. The second kappa shape index (κ2) is 12.3. The van der Waals surface area contributed by atoms with Gasteiger partial charge in [-0.05, 0) is 60.7 Å². The van der Waals surface area contributed by atoms with Crippen molar-refractivity contribution in [1.82, 2.24) is 20.2 Å². The molecule has 0 spiro atoms. The lowest BCUT2D eigenvalue weighted by molar-refractivity contribution is -0.118. The molecule has 4 rings (SSSR count). The van der Waals surface area contributed by atoms with Gasteiger partial charge in [0.15, 0.2) is 11.0 Å². The smallest absolute Gasteiger partial charge is 0.250 e. The average Bonchev–Trinajstić information content (AvgIpc) is 3.36. The zero-order valence-electron chi connectivity index (χ0n) is 20.3. The Kier molecular flexibility index (Phi) is 8.65. The molecule has 0 fully saturated rings. The molecule has 0 saturated carbocycles. The Bertz CT molecular complexity index is 1390. The molecule has 0 aliphatic carbocycles. The van der Waals surface area contributed by atoms with E-state index in [1.54, 1.807) is 51.7 Å². The fourth-order valence-electron chi connectivity index (χ4n) is 3.37. The van der Waals surface area contributed by atoms with E-state index in [0.717, 1.165) is 17.0 Å². The topological polar surface area (TPSA) is 99.9 Å². The van der Waals surface area contributed by atoms with Crippen LogP contribution in [0.4, 0.5) is 0 Å². The maximum Gasteiger partial charge on any atom is 0.250 e. The van der Waals surface area contributed by atoms with Gasteiger partial charge >= 0.3 is 0 Å². The second-order valence-electron chi connectivity index (χ2n) is 7.54. The first-order chi connectivity index (χ1) is 18.0. The number of nitrogens with zero attached hydrogens (tertiary/aromatic N) is 4. The van der Waals surface area contributed by atoms with Crippen molar-refractivity contribution in [2.75, 3.05) is 27.1 Å². The van der Waals surface area contributed by atoms with Crippen LogP contribution in [0, 0.1) is 0 Å². The zero-order chi connectivity index (χ0) is 26.2. The molecule has 11 heteroatoms. The Morgan fingerprint density at radius 1 is 0.973 bits per heavy atom. The van der Waals surface area contributed by atoms with Crippen LogP contribution < -0.4 is 19.6 Å². The molecular formula is C26H24ClN5O4S. The number of hydrogen-bond donors (Lipinski definition) is 1. The predicted octanol–water partition coefficient (Wildman–Crippen LogP) is 4.86. The average molecular weight is 538 g/mol. The number of aromatic nitrogens is 3. The van der Waals surface area contributed by atoms with E-state index in [1.807, 2.05) is 41.0 Å². The highest BCUT2D eigenvalue weighted by molar-refractivity contribution is 7.99. The molecule has 1 heterocycles. The summed E-state index contributed by atoms with van der Waals surface area (Å²) in [6.07, 6.45) is 1.51. The van der Waals surface area contributed by atoms with Crippen LogP contribution >= 0.6 is 23.4 Å². The third kappa shape index (κ3) is 6.41. The van der Waals surface area contributed by atoms with Crippen LogP contribution in [0.15, 0.2) is 77.0 Å². The molecular weight excluding hydrogens is 514 g/mol. The number of benzene rings is 3. The van der Waals surface area contributed by atoms with Gasteiger partial charge in [-0.2, -0.15) is 5.10 Å². The lowest BCUT2D eigenvalue weighted by atomic mass is 10.2. The van der Waals surface area contributed by atoms with E-state index < -0.39 is 0 Å². The third-order valence-corrected chi connectivity index (χ3v) is 6.41. The van der Waals surface area contributed by atoms with Crippen molar-refractivity contribution in [3.8, 4) is 34.3 Å². The molecule has 0 radical (unpaired) electrons. The van der Waals surface area contributed by atoms with Crippen LogP contribution in [0.1, 0.15) is 5.56 Å². The molecule has 1 aromatic heterocycles. The van der Waals surface area contributed by atoms with Gasteiger partial charge in [0.25, 0.3) is 5.91 Å². The lowest BCUT2D eigenvalue weighted by Crippen LogP contribution is -2.20. The number of carbonyl (C=O) groups excluding carboxylic acids is 1. The molecule has 4 aromatic rings. The number of hydrazone groups is 1. The standard InChI is InChI=1S/C26H24ClN5O4S/c1-34-21-11-4-17(5-12-21)25-30-31-26(32(25)20-9-7-19(27)8-10-20)37-16-24(33)29-28-15-18-6-13-22(35-2)14-23(18)36-3/h4-15H,16H2,1-3H3,(H,29,33)/b28-15+. The molecule has 0 saturated heterocycles. The quantitative estimate of drug-likeness (QED) is 0.175. The van der Waals surface area contributed by atoms with E-state index in [1.165, 1.54) is 18.0 Å². The van der Waals surface area contributed by atoms with Crippen molar-refractivity contribution >= 4 is 35.5 Å². The number of nitrogens with one attached hydrogen (secondary N) is 1. The van der Waals surface area contributed by atoms with E-state index in [-0.39, 0.29) is 11.7 Å². The third-order valence-electron chi connectivity index (χ3n) is 5.23. The van der Waals surface area contributed by atoms with Gasteiger partial charge in [0.2, 0.25) is 0 Å². The highest BCUT2D eigenvalue weighted by Crippen LogP contribution is 2.29. The number of carbonyl (C=O) groups is 1. The molecule has 190 valence electrons. The summed E-state index contributed by atoms with van der Waals surface area (Å²) >= 11 is 7.33. The van der Waals surface area contributed by atoms with Crippen LogP contribution in [-0.2, 0) is 4.79 Å². The minimum atomic E-state index is -0.301. The summed E-state index contributed by atoms with van der Waals surface area (Å²) < 4.78 is 17.7. The molecule has 0 unspecified atom stereocenters. The maximum atomic E-state index is 12.5. The SMILES string of the molecule is COc1ccc(-c2nnc(SCC(=O)N/N=C/c3ccc(OC)cc3OC)n2-c2ccc(Cl)cc2)cc1. The second-order valence-corrected chi connectivity index (χ2v) is 8.92. The number of methoxy groups -OCH3 is 3. The number of rotatable bonds is 10. The Balaban J connectivity index is 1.50. The molecule has 37 heavy (non-hydrogen) atoms. The Labute approximate surface area is 223 Å². The van der Waals surface area contributed by atoms with Crippen molar-refractivity contribution < 1.29 is 19.0 Å². The molecule has 9 nitrogen and oxygen atoms in total. The fraction of sp³-hybridized carbons (Fsp3) is 0.154. The first kappa shape index (κ1) is 26.1. The molecule has 1 N–H and O–H groups in total. The van der Waals surface area contributed by atoms with Crippen molar-refractivity contribution in [2.45, 2.75) is 5.16 Å². The van der Waals surface area contributed by atoms with E-state index in [9.17, 15) is 4.79 Å². The van der Waals surface area contributed by atoms with Crippen LogP contribution in [0.5, 0.6) is 17.2 Å². The Hall–Kier alpha value is -4.02. The Morgan fingerprint density at radius 2 is 1.68 bits per heavy atom. The monoisotopic (exact) mass is 537 g/mol. The number of hydrogen-bond acceptors (Lipinski definition) is 8. The zero-order valence-corrected chi connectivity index (χ0v) is 21.9. The summed E-state index contributed by atoms with van der Waals surface area (Å²) in [5.41, 5.74) is 4.89. The fourth-order valence-corrected chi connectivity index (χ4v) is 4.24. The molecule has 0 bridgehead atoms. The summed E-state index contributed by atoms with van der Waals surface area (Å²) in [6, 6.07) is 20.1. The maximum absolute atomic E-state index is 12.5. The van der Waals surface area contributed by atoms with Gasteiger partial charge in [0.05, 0.1) is 33.3 Å². The van der Waals surface area contributed by atoms with Gasteiger partial charge in [-0.15, -0.1) is 10.2 Å². The van der Waals surface area contributed by atoms with E-state index in [4.69, 9.17) is 25.8 Å². The molecule has 1 amide bonds. The minimum absolute atomic E-state index is 0.0748. The van der Waals surface area contributed by atoms with Gasteiger partial charge in [0.1, 0.15) is 17.2 Å². The first-order valence-electron chi connectivity index (χ1n) is 11.0. The van der Waals surface area contributed by atoms with Gasteiger partial charge in [-0.25, -0.2) is 5.43 Å². The molecule has 3 aromatic carbocycles. The summed E-state index contributed by atoms with van der Waals surface area (Å²) in [6.45, 7) is 0. The van der Waals surface area contributed by atoms with E-state index in [2.05, 4.69) is 20.7 Å². The van der Waals surface area contributed by atoms with E-state index in [0.29, 0.717) is 33.1 Å². The van der Waals surface area contributed by atoms with Crippen molar-refractivity contribution in [3.05, 3.63) is 77.3 Å². The lowest BCUT2D eigenvalue weighted by Gasteiger charge is -2.11. The van der Waals surface area contributed by atoms with Crippen molar-refractivity contribution in [3.63, 3.8) is 0 Å². The summed E-state index contributed by atoms with van der Waals surface area (Å²) in [5, 5.41) is 13.9. The highest BCUT2D eigenvalue weighted by atomic mass is 35.5. The highest BCUT2D eigenvalue weighted by Gasteiger charge is 2.17. The van der Waals surface area contributed by atoms with Crippen LogP contribution in [0.2, 0.25) is 5.02 Å². The Morgan fingerprint density at radius 3 is 2.35 bits per heavy atom. The largest absolute Gasteiger partial charge is 0.497 e. The molecule has 0 atom stereocenters. The molecule has 0 aliphatic heterocycles. The molecule has 0 aliphatic rings. The number of thioether (sulfide) groups is 1. The summed E-state index contributed by atoms with van der Waals surface area (Å²) in [5.74, 6) is 2.37. The van der Waals surface area contributed by atoms with Crippen LogP contribution in [0.25, 0.3) is 17.1 Å². The summed E-state index contributed by atoms with van der Waals surface area (Å²) in [7, 11) is 4.75. The van der Waals surface area contributed by atoms with Crippen molar-refractivity contribution in [2.24, 2.45) is 5.10 Å². The van der Waals surface area contributed by atoms with Crippen molar-refractivity contribution in [1.29, 1.82) is 0 Å². The minimum Gasteiger partial charge on any atom is -0.497 e. The van der Waals surface area contributed by atoms with Crippen LogP contribution in [0.3, 0.4) is 0 Å². The predicted molar refractivity (Wildman–Crippen MR) is 144 cm³/mol. The normalized spacial score (nSPS) is 10.9. The van der Waals surface area contributed by atoms with E-state index >= 15 is 0 Å². The number of halogens is 1. The van der Waals surface area contributed by atoms with Crippen LogP contribution in [-0.4, -0.2) is 54.0 Å². The number of ether oxygens (including phenoxy) is 3. The van der Waals surface area contributed by atoms with Gasteiger partial charge in [-0.1, -0.05) is 23.4 Å². The van der Waals surface area contributed by atoms with Gasteiger partial charge in [-0.3, -0.25) is 9.36 Å². The van der Waals surface area contributed by atoms with Gasteiger partial charge < -0.3 is 14.2 Å².